The molecule has 0 saturated carbocycles. The lowest BCUT2D eigenvalue weighted by Crippen LogP contribution is -2.40. The Labute approximate surface area is 174 Å². The zero-order valence-corrected chi connectivity index (χ0v) is 16.4. The number of nitrogens with zero attached hydrogens (tertiary/aromatic N) is 5. The van der Waals surface area contributed by atoms with Crippen molar-refractivity contribution in [2.24, 2.45) is 0 Å². The van der Waals surface area contributed by atoms with Crippen LogP contribution in [0.15, 0.2) is 42.6 Å². The number of halogens is 4. The number of aromatic nitrogens is 4. The minimum Gasteiger partial charge on any atom is -0.340 e. The summed E-state index contributed by atoms with van der Waals surface area (Å²) in [5.74, 6) is 0.893. The molecule has 0 fully saturated rings. The number of rotatable bonds is 2. The van der Waals surface area contributed by atoms with E-state index in [1.54, 1.807) is 10.6 Å². The van der Waals surface area contributed by atoms with Crippen LogP contribution in [0, 0.1) is 0 Å². The Morgan fingerprint density at radius 2 is 1.93 bits per heavy atom. The van der Waals surface area contributed by atoms with Gasteiger partial charge < -0.3 is 14.8 Å². The number of anilines is 1. The number of hydrogen-bond donors (Lipinski definition) is 1. The van der Waals surface area contributed by atoms with Gasteiger partial charge in [0, 0.05) is 19.3 Å². The first-order valence-electron chi connectivity index (χ1n) is 8.59. The SMILES string of the molecule is FC(F)(F)c1ccnc(-c2nnc3n2CCN(C(=S)Nc2ccccc2Cl)C3)c1. The smallest absolute Gasteiger partial charge is 0.340 e. The van der Waals surface area contributed by atoms with Crippen molar-refractivity contribution in [1.29, 1.82) is 0 Å². The molecular formula is C18H14ClF3N6S. The van der Waals surface area contributed by atoms with Gasteiger partial charge in [-0.2, -0.15) is 13.2 Å². The summed E-state index contributed by atoms with van der Waals surface area (Å²) in [5, 5.41) is 12.3. The maximum atomic E-state index is 13.0. The standard InChI is InChI=1S/C18H14ClF3N6S/c19-12-3-1-2-4-13(12)24-17(29)27-7-8-28-15(10-27)25-26-16(28)14-9-11(5-6-23-14)18(20,21)22/h1-6,9H,7-8,10H2,(H,24,29). The molecule has 2 aromatic heterocycles. The number of fused-ring (bicyclic) bond motifs is 1. The first-order chi connectivity index (χ1) is 13.8. The topological polar surface area (TPSA) is 58.9 Å². The van der Waals surface area contributed by atoms with Crippen LogP contribution in [-0.4, -0.2) is 36.3 Å². The van der Waals surface area contributed by atoms with Gasteiger partial charge in [-0.3, -0.25) is 4.98 Å². The van der Waals surface area contributed by atoms with Crippen LogP contribution in [0.5, 0.6) is 0 Å². The zero-order valence-electron chi connectivity index (χ0n) is 14.8. The van der Waals surface area contributed by atoms with E-state index in [4.69, 9.17) is 23.8 Å². The molecule has 4 rings (SSSR count). The van der Waals surface area contributed by atoms with Gasteiger partial charge in [0.05, 0.1) is 22.8 Å². The minimum absolute atomic E-state index is 0.129. The van der Waals surface area contributed by atoms with E-state index in [2.05, 4.69) is 20.5 Å². The second kappa shape index (κ2) is 7.60. The van der Waals surface area contributed by atoms with E-state index in [-0.39, 0.29) is 5.69 Å². The van der Waals surface area contributed by atoms with E-state index >= 15 is 0 Å². The fraction of sp³-hybridized carbons (Fsp3) is 0.222. The Balaban J connectivity index is 1.53. The molecule has 150 valence electrons. The van der Waals surface area contributed by atoms with Crippen molar-refractivity contribution in [3.8, 4) is 11.5 Å². The number of nitrogens with one attached hydrogen (secondary N) is 1. The number of thiocarbonyl (C=S) groups is 1. The molecule has 0 saturated heterocycles. The van der Waals surface area contributed by atoms with E-state index in [0.29, 0.717) is 47.1 Å². The Morgan fingerprint density at radius 3 is 2.69 bits per heavy atom. The highest BCUT2D eigenvalue weighted by Crippen LogP contribution is 2.31. The predicted octanol–water partition coefficient (Wildman–Crippen LogP) is 4.22. The molecule has 3 aromatic rings. The monoisotopic (exact) mass is 438 g/mol. The molecule has 1 aliphatic rings. The van der Waals surface area contributed by atoms with Crippen LogP contribution in [0.1, 0.15) is 11.4 Å². The van der Waals surface area contributed by atoms with Gasteiger partial charge in [0.25, 0.3) is 0 Å². The lowest BCUT2D eigenvalue weighted by atomic mass is 10.2. The number of benzene rings is 1. The van der Waals surface area contributed by atoms with Crippen molar-refractivity contribution in [3.63, 3.8) is 0 Å². The summed E-state index contributed by atoms with van der Waals surface area (Å²) >= 11 is 11.6. The summed E-state index contributed by atoms with van der Waals surface area (Å²) in [6.07, 6.45) is -3.33. The molecule has 0 bridgehead atoms. The maximum Gasteiger partial charge on any atom is 0.416 e. The van der Waals surface area contributed by atoms with Crippen LogP contribution in [-0.2, 0) is 19.3 Å². The molecule has 0 atom stereocenters. The summed E-state index contributed by atoms with van der Waals surface area (Å²) in [7, 11) is 0. The van der Waals surface area contributed by atoms with E-state index in [0.717, 1.165) is 18.3 Å². The highest BCUT2D eigenvalue weighted by molar-refractivity contribution is 7.80. The summed E-state index contributed by atoms with van der Waals surface area (Å²) in [5.41, 5.74) is 0.0475. The summed E-state index contributed by atoms with van der Waals surface area (Å²) in [4.78, 5) is 5.93. The summed E-state index contributed by atoms with van der Waals surface area (Å²) in [6, 6.07) is 9.15. The van der Waals surface area contributed by atoms with Crippen molar-refractivity contribution in [2.75, 3.05) is 11.9 Å². The normalized spacial score (nSPS) is 13.9. The molecule has 0 unspecified atom stereocenters. The maximum absolute atomic E-state index is 13.0. The number of para-hydroxylation sites is 1. The van der Waals surface area contributed by atoms with Crippen LogP contribution in [0.3, 0.4) is 0 Å². The molecule has 1 N–H and O–H groups in total. The predicted molar refractivity (Wildman–Crippen MR) is 106 cm³/mol. The summed E-state index contributed by atoms with van der Waals surface area (Å²) < 4.78 is 40.7. The van der Waals surface area contributed by atoms with Gasteiger partial charge in [-0.1, -0.05) is 23.7 Å². The van der Waals surface area contributed by atoms with Gasteiger partial charge in [0.1, 0.15) is 5.69 Å². The van der Waals surface area contributed by atoms with E-state index < -0.39 is 11.7 Å². The van der Waals surface area contributed by atoms with Crippen molar-refractivity contribution in [2.45, 2.75) is 19.3 Å². The average molecular weight is 439 g/mol. The fourth-order valence-electron chi connectivity index (χ4n) is 3.01. The highest BCUT2D eigenvalue weighted by atomic mass is 35.5. The molecule has 29 heavy (non-hydrogen) atoms. The van der Waals surface area contributed by atoms with E-state index in [9.17, 15) is 13.2 Å². The first-order valence-corrected chi connectivity index (χ1v) is 9.38. The average Bonchev–Trinajstić information content (AvgIpc) is 3.12. The third kappa shape index (κ3) is 4.03. The molecule has 0 spiro atoms. The lowest BCUT2D eigenvalue weighted by Gasteiger charge is -2.30. The molecule has 1 aromatic carbocycles. The first kappa shape index (κ1) is 19.6. The number of hydrogen-bond acceptors (Lipinski definition) is 4. The van der Waals surface area contributed by atoms with Crippen molar-refractivity contribution >= 4 is 34.6 Å². The molecule has 11 heteroatoms. The molecule has 1 aliphatic heterocycles. The van der Waals surface area contributed by atoms with Gasteiger partial charge in [-0.25, -0.2) is 0 Å². The molecule has 0 amide bonds. The van der Waals surface area contributed by atoms with Gasteiger partial charge in [0.2, 0.25) is 0 Å². The second-order valence-electron chi connectivity index (χ2n) is 6.35. The molecule has 6 nitrogen and oxygen atoms in total. The van der Waals surface area contributed by atoms with Crippen molar-refractivity contribution in [1.82, 2.24) is 24.6 Å². The van der Waals surface area contributed by atoms with E-state index in [1.165, 1.54) is 0 Å². The Hall–Kier alpha value is -2.72. The Bertz CT molecular complexity index is 1070. The number of pyridine rings is 1. The Kier molecular flexibility index (Phi) is 5.13. The van der Waals surface area contributed by atoms with E-state index in [1.807, 2.05) is 23.1 Å². The van der Waals surface area contributed by atoms with Crippen molar-refractivity contribution < 1.29 is 13.2 Å². The number of alkyl halides is 3. The van der Waals surface area contributed by atoms with Crippen LogP contribution in [0.4, 0.5) is 18.9 Å². The fourth-order valence-corrected chi connectivity index (χ4v) is 3.46. The lowest BCUT2D eigenvalue weighted by molar-refractivity contribution is -0.137. The molecule has 0 radical (unpaired) electrons. The molecule has 3 heterocycles. The largest absolute Gasteiger partial charge is 0.416 e. The van der Waals surface area contributed by atoms with Crippen LogP contribution >= 0.6 is 23.8 Å². The van der Waals surface area contributed by atoms with Crippen LogP contribution in [0.25, 0.3) is 11.5 Å². The quantitative estimate of drug-likeness (QED) is 0.604. The zero-order chi connectivity index (χ0) is 20.6. The van der Waals surface area contributed by atoms with Crippen LogP contribution < -0.4 is 5.32 Å². The third-order valence-electron chi connectivity index (χ3n) is 4.47. The van der Waals surface area contributed by atoms with Gasteiger partial charge in [-0.15, -0.1) is 10.2 Å². The summed E-state index contributed by atoms with van der Waals surface area (Å²) in [6.45, 7) is 1.36. The minimum atomic E-state index is -4.45. The van der Waals surface area contributed by atoms with Gasteiger partial charge in [-0.05, 0) is 36.5 Å². The van der Waals surface area contributed by atoms with Gasteiger partial charge >= 0.3 is 6.18 Å². The molecule has 0 aliphatic carbocycles. The van der Waals surface area contributed by atoms with Gasteiger partial charge in [0.15, 0.2) is 16.8 Å². The van der Waals surface area contributed by atoms with Crippen LogP contribution in [0.2, 0.25) is 5.02 Å². The van der Waals surface area contributed by atoms with Crippen molar-refractivity contribution in [3.05, 3.63) is 59.0 Å². The Morgan fingerprint density at radius 1 is 1.14 bits per heavy atom. The second-order valence-corrected chi connectivity index (χ2v) is 7.14. The third-order valence-corrected chi connectivity index (χ3v) is 5.16. The highest BCUT2D eigenvalue weighted by Gasteiger charge is 2.32. The molecular weight excluding hydrogens is 425 g/mol.